The van der Waals surface area contributed by atoms with Gasteiger partial charge in [-0.05, 0) is 13.8 Å². The number of nitrogens with one attached hydrogen (secondary N) is 1. The molecule has 0 fully saturated rings. The molecule has 1 aromatic heterocycles. The number of aromatic nitrogens is 2. The number of rotatable bonds is 6. The van der Waals surface area contributed by atoms with Gasteiger partial charge < -0.3 is 9.47 Å². The molecule has 1 aromatic rings. The Labute approximate surface area is 107 Å². The molecule has 0 spiro atoms. The SMILES string of the molecule is COC(CNS(=O)(=O)c1c(C)nn(C)c1C)OC. The average molecular weight is 277 g/mol. The number of methoxy groups -OCH3 is 2. The van der Waals surface area contributed by atoms with Crippen LogP contribution in [0, 0.1) is 13.8 Å². The van der Waals surface area contributed by atoms with E-state index in [0.717, 1.165) is 0 Å². The lowest BCUT2D eigenvalue weighted by Crippen LogP contribution is -2.34. The predicted molar refractivity (Wildman–Crippen MR) is 65.7 cm³/mol. The number of hydrogen-bond acceptors (Lipinski definition) is 5. The van der Waals surface area contributed by atoms with Crippen molar-refractivity contribution in [1.29, 1.82) is 0 Å². The van der Waals surface area contributed by atoms with Gasteiger partial charge in [-0.3, -0.25) is 4.68 Å². The summed E-state index contributed by atoms with van der Waals surface area (Å²) in [5.41, 5.74) is 1.06. The molecule has 0 saturated heterocycles. The minimum Gasteiger partial charge on any atom is -0.355 e. The van der Waals surface area contributed by atoms with E-state index in [4.69, 9.17) is 9.47 Å². The van der Waals surface area contributed by atoms with Crippen LogP contribution in [0.5, 0.6) is 0 Å². The normalized spacial score (nSPS) is 12.3. The van der Waals surface area contributed by atoms with Gasteiger partial charge in [-0.25, -0.2) is 13.1 Å². The molecule has 0 saturated carbocycles. The first kappa shape index (κ1) is 15.1. The van der Waals surface area contributed by atoms with Gasteiger partial charge in [0.05, 0.1) is 17.9 Å². The summed E-state index contributed by atoms with van der Waals surface area (Å²) in [6.45, 7) is 3.41. The maximum absolute atomic E-state index is 12.1. The Morgan fingerprint density at radius 2 is 1.89 bits per heavy atom. The van der Waals surface area contributed by atoms with E-state index in [1.54, 1.807) is 20.9 Å². The number of hydrogen-bond donors (Lipinski definition) is 1. The highest BCUT2D eigenvalue weighted by atomic mass is 32.2. The van der Waals surface area contributed by atoms with Crippen molar-refractivity contribution in [2.45, 2.75) is 25.0 Å². The first-order chi connectivity index (χ1) is 8.33. The minimum atomic E-state index is -3.61. The Morgan fingerprint density at radius 1 is 1.33 bits per heavy atom. The molecule has 8 heteroatoms. The maximum atomic E-state index is 12.1. The Bertz CT molecular complexity index is 505. The largest absolute Gasteiger partial charge is 0.355 e. The molecule has 0 bridgehead atoms. The van der Waals surface area contributed by atoms with Crippen LogP contribution in [0.25, 0.3) is 0 Å². The lowest BCUT2D eigenvalue weighted by atomic mass is 10.4. The van der Waals surface area contributed by atoms with Gasteiger partial charge in [0.15, 0.2) is 6.29 Å². The Kier molecular flexibility index (Phi) is 4.85. The second-order valence-corrected chi connectivity index (χ2v) is 5.58. The molecule has 18 heavy (non-hydrogen) atoms. The van der Waals surface area contributed by atoms with Crippen molar-refractivity contribution >= 4 is 10.0 Å². The summed E-state index contributed by atoms with van der Waals surface area (Å²) in [4.78, 5) is 0.205. The molecule has 1 heterocycles. The van der Waals surface area contributed by atoms with Gasteiger partial charge in [-0.2, -0.15) is 5.10 Å². The third-order valence-corrected chi connectivity index (χ3v) is 4.35. The highest BCUT2D eigenvalue weighted by Crippen LogP contribution is 2.18. The van der Waals surface area contributed by atoms with E-state index in [9.17, 15) is 8.42 Å². The van der Waals surface area contributed by atoms with Crippen molar-refractivity contribution in [2.75, 3.05) is 20.8 Å². The lowest BCUT2D eigenvalue weighted by Gasteiger charge is -2.14. The summed E-state index contributed by atoms with van der Waals surface area (Å²) in [6, 6.07) is 0. The van der Waals surface area contributed by atoms with Crippen LogP contribution in [0.4, 0.5) is 0 Å². The van der Waals surface area contributed by atoms with Crippen molar-refractivity contribution in [3.05, 3.63) is 11.4 Å². The van der Waals surface area contributed by atoms with Crippen LogP contribution < -0.4 is 4.72 Å². The van der Waals surface area contributed by atoms with Crippen LogP contribution in [0.3, 0.4) is 0 Å². The molecule has 0 aliphatic carbocycles. The van der Waals surface area contributed by atoms with Crippen molar-refractivity contribution in [2.24, 2.45) is 7.05 Å². The van der Waals surface area contributed by atoms with E-state index < -0.39 is 16.3 Å². The van der Waals surface area contributed by atoms with E-state index in [0.29, 0.717) is 11.4 Å². The average Bonchev–Trinajstić information content (AvgIpc) is 2.54. The smallest absolute Gasteiger partial charge is 0.244 e. The zero-order valence-electron chi connectivity index (χ0n) is 11.2. The fraction of sp³-hybridized carbons (Fsp3) is 0.700. The molecular formula is C10H19N3O4S. The molecule has 0 radical (unpaired) electrons. The summed E-state index contributed by atoms with van der Waals surface area (Å²) in [7, 11) is 0.988. The van der Waals surface area contributed by atoms with Crippen molar-refractivity contribution < 1.29 is 17.9 Å². The molecule has 0 amide bonds. The number of aryl methyl sites for hydroxylation is 2. The zero-order valence-corrected chi connectivity index (χ0v) is 12.0. The topological polar surface area (TPSA) is 82.5 Å². The summed E-state index contributed by atoms with van der Waals surface area (Å²) >= 11 is 0. The summed E-state index contributed by atoms with van der Waals surface area (Å²) in [6.07, 6.45) is -0.614. The van der Waals surface area contributed by atoms with Crippen molar-refractivity contribution in [3.63, 3.8) is 0 Å². The maximum Gasteiger partial charge on any atom is 0.244 e. The Morgan fingerprint density at radius 3 is 2.28 bits per heavy atom. The highest BCUT2D eigenvalue weighted by Gasteiger charge is 2.24. The van der Waals surface area contributed by atoms with Crippen LogP contribution >= 0.6 is 0 Å². The Balaban J connectivity index is 2.93. The van der Waals surface area contributed by atoms with Crippen LogP contribution in [0.1, 0.15) is 11.4 Å². The first-order valence-corrected chi connectivity index (χ1v) is 6.87. The summed E-state index contributed by atoms with van der Waals surface area (Å²) in [5, 5.41) is 4.08. The standard InChI is InChI=1S/C10H19N3O4S/c1-7-10(8(2)13(3)12-7)18(14,15)11-6-9(16-4)17-5/h9,11H,6H2,1-5H3. The summed E-state index contributed by atoms with van der Waals surface area (Å²) in [5.74, 6) is 0. The molecule has 0 atom stereocenters. The fourth-order valence-electron chi connectivity index (χ4n) is 1.66. The molecule has 0 aliphatic rings. The fourth-order valence-corrected chi connectivity index (χ4v) is 3.11. The minimum absolute atomic E-state index is 0.0447. The highest BCUT2D eigenvalue weighted by molar-refractivity contribution is 7.89. The third-order valence-electron chi connectivity index (χ3n) is 2.68. The van der Waals surface area contributed by atoms with Gasteiger partial charge in [-0.15, -0.1) is 0 Å². The monoisotopic (exact) mass is 277 g/mol. The van der Waals surface area contributed by atoms with E-state index in [2.05, 4.69) is 9.82 Å². The molecule has 0 unspecified atom stereocenters. The van der Waals surface area contributed by atoms with Gasteiger partial charge >= 0.3 is 0 Å². The zero-order chi connectivity index (χ0) is 13.9. The number of sulfonamides is 1. The summed E-state index contributed by atoms with van der Waals surface area (Å²) < 4.78 is 38.1. The predicted octanol–water partition coefficient (Wildman–Crippen LogP) is -0.0659. The van der Waals surface area contributed by atoms with Crippen LogP contribution in [-0.4, -0.2) is 45.3 Å². The van der Waals surface area contributed by atoms with Crippen LogP contribution in [-0.2, 0) is 26.5 Å². The van der Waals surface area contributed by atoms with Gasteiger partial charge in [0, 0.05) is 21.3 Å². The van der Waals surface area contributed by atoms with Crippen LogP contribution in [0.15, 0.2) is 4.90 Å². The lowest BCUT2D eigenvalue weighted by molar-refractivity contribution is -0.0960. The van der Waals surface area contributed by atoms with E-state index >= 15 is 0 Å². The van der Waals surface area contributed by atoms with E-state index in [-0.39, 0.29) is 11.4 Å². The van der Waals surface area contributed by atoms with E-state index in [1.807, 2.05) is 0 Å². The molecule has 1 rings (SSSR count). The number of ether oxygens (including phenoxy) is 2. The molecule has 104 valence electrons. The van der Waals surface area contributed by atoms with Gasteiger partial charge in [0.25, 0.3) is 0 Å². The van der Waals surface area contributed by atoms with Gasteiger partial charge in [0.1, 0.15) is 4.90 Å². The second kappa shape index (κ2) is 5.79. The molecule has 0 aromatic carbocycles. The Hall–Kier alpha value is -0.960. The molecule has 7 nitrogen and oxygen atoms in total. The van der Waals surface area contributed by atoms with Gasteiger partial charge in [-0.1, -0.05) is 0 Å². The third kappa shape index (κ3) is 3.08. The van der Waals surface area contributed by atoms with E-state index in [1.165, 1.54) is 18.9 Å². The second-order valence-electron chi connectivity index (χ2n) is 3.88. The molecule has 1 N–H and O–H groups in total. The number of nitrogens with zero attached hydrogens (tertiary/aromatic N) is 2. The van der Waals surface area contributed by atoms with Crippen molar-refractivity contribution in [3.8, 4) is 0 Å². The van der Waals surface area contributed by atoms with Crippen LogP contribution in [0.2, 0.25) is 0 Å². The van der Waals surface area contributed by atoms with Gasteiger partial charge in [0.2, 0.25) is 10.0 Å². The molecular weight excluding hydrogens is 258 g/mol. The first-order valence-electron chi connectivity index (χ1n) is 5.39. The van der Waals surface area contributed by atoms with Crippen molar-refractivity contribution in [1.82, 2.24) is 14.5 Å². The molecule has 0 aliphatic heterocycles. The quantitative estimate of drug-likeness (QED) is 0.736.